The number of urea groups is 1. The van der Waals surface area contributed by atoms with E-state index in [1.807, 2.05) is 30.3 Å². The fourth-order valence-electron chi connectivity index (χ4n) is 1.73. The molecule has 0 saturated heterocycles. The van der Waals surface area contributed by atoms with Gasteiger partial charge in [0.05, 0.1) is 0 Å². The van der Waals surface area contributed by atoms with Gasteiger partial charge in [0.15, 0.2) is 0 Å². The molecule has 4 N–H and O–H groups in total. The van der Waals surface area contributed by atoms with Crippen molar-refractivity contribution in [1.82, 2.24) is 0 Å². The molecule has 0 spiro atoms. The maximum absolute atomic E-state index is 10.8. The molecule has 6 heteroatoms. The zero-order chi connectivity index (χ0) is 14.5. The molecule has 0 aliphatic carbocycles. The Balaban J connectivity index is 2.07. The van der Waals surface area contributed by atoms with E-state index in [-0.39, 0.29) is 0 Å². The van der Waals surface area contributed by atoms with Crippen LogP contribution in [0.15, 0.2) is 46.9 Å². The molecule has 0 aromatic heterocycles. The highest BCUT2D eigenvalue weighted by Gasteiger charge is 2.02. The Labute approximate surface area is 130 Å². The first-order valence-corrected chi connectivity index (χ1v) is 7.06. The first-order chi connectivity index (χ1) is 9.54. The normalized spacial score (nSPS) is 10.1. The fraction of sp³-hybridized carbons (Fsp3) is 0.0714. The molecule has 0 heterocycles. The second-order valence-corrected chi connectivity index (χ2v) is 5.48. The van der Waals surface area contributed by atoms with Crippen molar-refractivity contribution in [2.45, 2.75) is 6.54 Å². The summed E-state index contributed by atoms with van der Waals surface area (Å²) in [6.45, 7) is 0.582. The van der Waals surface area contributed by atoms with Crippen LogP contribution in [0.3, 0.4) is 0 Å². The molecule has 2 aromatic rings. The molecule has 0 atom stereocenters. The van der Waals surface area contributed by atoms with Gasteiger partial charge in [-0.1, -0.05) is 33.6 Å². The average molecular weight is 355 g/mol. The van der Waals surface area contributed by atoms with Gasteiger partial charge in [-0.2, -0.15) is 0 Å². The Hall–Kier alpha value is -1.72. The quantitative estimate of drug-likeness (QED) is 0.770. The van der Waals surface area contributed by atoms with E-state index in [0.29, 0.717) is 17.3 Å². The molecule has 2 rings (SSSR count). The van der Waals surface area contributed by atoms with Crippen LogP contribution in [0.4, 0.5) is 16.2 Å². The number of carbonyl (C=O) groups excluding carboxylic acids is 1. The van der Waals surface area contributed by atoms with Gasteiger partial charge in [0.1, 0.15) is 0 Å². The number of nitrogens with one attached hydrogen (secondary N) is 2. The number of hydrogen-bond acceptors (Lipinski definition) is 2. The summed E-state index contributed by atoms with van der Waals surface area (Å²) in [5, 5.41) is 6.48. The number of halogens is 2. The van der Waals surface area contributed by atoms with Gasteiger partial charge >= 0.3 is 6.03 Å². The zero-order valence-electron chi connectivity index (χ0n) is 10.5. The summed E-state index contributed by atoms with van der Waals surface area (Å²) in [7, 11) is 0. The van der Waals surface area contributed by atoms with E-state index in [4.69, 9.17) is 17.3 Å². The minimum absolute atomic E-state index is 0.582. The molecular formula is C14H13BrClN3O. The summed E-state index contributed by atoms with van der Waals surface area (Å²) in [4.78, 5) is 10.8. The summed E-state index contributed by atoms with van der Waals surface area (Å²) in [5.41, 5.74) is 7.57. The number of amides is 2. The van der Waals surface area contributed by atoms with Gasteiger partial charge in [0.2, 0.25) is 0 Å². The van der Waals surface area contributed by atoms with Crippen molar-refractivity contribution in [3.05, 3.63) is 57.5 Å². The standard InChI is InChI=1S/C14H13BrClN3O/c15-10-4-5-13(16)9(6-10)8-18-11-2-1-3-12(7-11)19-14(17)20/h1-7,18H,8H2,(H3,17,19,20). The lowest BCUT2D eigenvalue weighted by atomic mass is 10.2. The lowest BCUT2D eigenvalue weighted by Crippen LogP contribution is -2.19. The third-order valence-electron chi connectivity index (χ3n) is 2.62. The van der Waals surface area contributed by atoms with Gasteiger partial charge in [0.25, 0.3) is 0 Å². The van der Waals surface area contributed by atoms with Crippen molar-refractivity contribution in [3.63, 3.8) is 0 Å². The summed E-state index contributed by atoms with van der Waals surface area (Å²) in [6, 6.07) is 12.4. The van der Waals surface area contributed by atoms with E-state index in [9.17, 15) is 4.79 Å². The van der Waals surface area contributed by atoms with Crippen LogP contribution in [0.5, 0.6) is 0 Å². The van der Waals surface area contributed by atoms with Crippen LogP contribution < -0.4 is 16.4 Å². The second kappa shape index (κ2) is 6.63. The SMILES string of the molecule is NC(=O)Nc1cccc(NCc2cc(Br)ccc2Cl)c1. The number of primary amides is 1. The molecule has 0 radical (unpaired) electrons. The minimum atomic E-state index is -0.586. The monoisotopic (exact) mass is 353 g/mol. The van der Waals surface area contributed by atoms with E-state index in [1.165, 1.54) is 0 Å². The number of rotatable bonds is 4. The number of carbonyl (C=O) groups is 1. The molecule has 0 unspecified atom stereocenters. The van der Waals surface area contributed by atoms with Gasteiger partial charge < -0.3 is 16.4 Å². The Morgan fingerprint density at radius 1 is 1.20 bits per heavy atom. The molecule has 20 heavy (non-hydrogen) atoms. The van der Waals surface area contributed by atoms with Gasteiger partial charge in [-0.05, 0) is 42.0 Å². The van der Waals surface area contributed by atoms with Crippen LogP contribution in [-0.4, -0.2) is 6.03 Å². The van der Waals surface area contributed by atoms with E-state index in [0.717, 1.165) is 15.7 Å². The highest BCUT2D eigenvalue weighted by molar-refractivity contribution is 9.10. The van der Waals surface area contributed by atoms with Crippen LogP contribution in [0, 0.1) is 0 Å². The maximum Gasteiger partial charge on any atom is 0.316 e. The molecule has 0 bridgehead atoms. The van der Waals surface area contributed by atoms with Crippen LogP contribution in [0.1, 0.15) is 5.56 Å². The van der Waals surface area contributed by atoms with E-state index in [1.54, 1.807) is 12.1 Å². The Kier molecular flexibility index (Phi) is 4.87. The molecule has 2 aromatic carbocycles. The Morgan fingerprint density at radius 2 is 1.95 bits per heavy atom. The van der Waals surface area contributed by atoms with Gasteiger partial charge in [0, 0.05) is 27.4 Å². The first-order valence-electron chi connectivity index (χ1n) is 5.89. The highest BCUT2D eigenvalue weighted by Crippen LogP contribution is 2.22. The molecule has 0 aliphatic rings. The second-order valence-electron chi connectivity index (χ2n) is 4.16. The topological polar surface area (TPSA) is 67.2 Å². The Bertz CT molecular complexity index is 634. The smallest absolute Gasteiger partial charge is 0.316 e. The average Bonchev–Trinajstić information content (AvgIpc) is 2.39. The van der Waals surface area contributed by atoms with Gasteiger partial charge in [-0.15, -0.1) is 0 Å². The maximum atomic E-state index is 10.8. The van der Waals surface area contributed by atoms with Crippen LogP contribution in [-0.2, 0) is 6.54 Å². The number of hydrogen-bond donors (Lipinski definition) is 3. The third kappa shape index (κ3) is 4.15. The van der Waals surface area contributed by atoms with E-state index < -0.39 is 6.03 Å². The fourth-order valence-corrected chi connectivity index (χ4v) is 2.32. The lowest BCUT2D eigenvalue weighted by molar-refractivity contribution is 0.259. The van der Waals surface area contributed by atoms with E-state index >= 15 is 0 Å². The Morgan fingerprint density at radius 3 is 2.70 bits per heavy atom. The van der Waals surface area contributed by atoms with Crippen molar-refractivity contribution < 1.29 is 4.79 Å². The summed E-state index contributed by atoms with van der Waals surface area (Å²) in [5.74, 6) is 0. The highest BCUT2D eigenvalue weighted by atomic mass is 79.9. The summed E-state index contributed by atoms with van der Waals surface area (Å²) < 4.78 is 0.975. The number of anilines is 2. The van der Waals surface area contributed by atoms with Crippen molar-refractivity contribution >= 4 is 44.9 Å². The minimum Gasteiger partial charge on any atom is -0.381 e. The third-order valence-corrected chi connectivity index (χ3v) is 3.48. The lowest BCUT2D eigenvalue weighted by Gasteiger charge is -2.10. The van der Waals surface area contributed by atoms with Crippen molar-refractivity contribution in [2.75, 3.05) is 10.6 Å². The van der Waals surface area contributed by atoms with E-state index in [2.05, 4.69) is 26.6 Å². The molecule has 0 fully saturated rings. The largest absolute Gasteiger partial charge is 0.381 e. The molecule has 4 nitrogen and oxygen atoms in total. The molecule has 2 amide bonds. The van der Waals surface area contributed by atoms with Crippen molar-refractivity contribution in [1.29, 1.82) is 0 Å². The predicted molar refractivity (Wildman–Crippen MR) is 86.1 cm³/mol. The summed E-state index contributed by atoms with van der Waals surface area (Å²) in [6.07, 6.45) is 0. The van der Waals surface area contributed by atoms with Crippen molar-refractivity contribution in [3.8, 4) is 0 Å². The number of benzene rings is 2. The first kappa shape index (κ1) is 14.7. The number of nitrogens with two attached hydrogens (primary N) is 1. The molecular weight excluding hydrogens is 342 g/mol. The molecule has 0 aliphatic heterocycles. The summed E-state index contributed by atoms with van der Waals surface area (Å²) >= 11 is 9.54. The zero-order valence-corrected chi connectivity index (χ0v) is 12.8. The van der Waals surface area contributed by atoms with Crippen molar-refractivity contribution in [2.24, 2.45) is 5.73 Å². The van der Waals surface area contributed by atoms with Gasteiger partial charge in [-0.25, -0.2) is 4.79 Å². The van der Waals surface area contributed by atoms with Gasteiger partial charge in [-0.3, -0.25) is 0 Å². The molecule has 104 valence electrons. The van der Waals surface area contributed by atoms with Crippen LogP contribution in [0.2, 0.25) is 5.02 Å². The van der Waals surface area contributed by atoms with Crippen LogP contribution >= 0.6 is 27.5 Å². The van der Waals surface area contributed by atoms with Crippen LogP contribution in [0.25, 0.3) is 0 Å². The predicted octanol–water partition coefficient (Wildman–Crippen LogP) is 4.21. The molecule has 0 saturated carbocycles.